The highest BCUT2D eigenvalue weighted by Gasteiger charge is 2.13. The lowest BCUT2D eigenvalue weighted by atomic mass is 10.1. The van der Waals surface area contributed by atoms with Gasteiger partial charge in [0.1, 0.15) is 0 Å². The molecule has 0 spiro atoms. The number of rotatable bonds is 6. The summed E-state index contributed by atoms with van der Waals surface area (Å²) >= 11 is 0. The molecule has 0 aliphatic carbocycles. The van der Waals surface area contributed by atoms with Gasteiger partial charge >= 0.3 is 6.03 Å². The molecule has 2 N–H and O–H groups in total. The van der Waals surface area contributed by atoms with E-state index in [0.717, 1.165) is 16.9 Å². The lowest BCUT2D eigenvalue weighted by Gasteiger charge is -2.17. The van der Waals surface area contributed by atoms with Gasteiger partial charge in [-0.2, -0.15) is 5.10 Å². The van der Waals surface area contributed by atoms with Gasteiger partial charge in [-0.15, -0.1) is 0 Å². The monoisotopic (exact) mass is 350 g/mol. The first-order valence-electron chi connectivity index (χ1n) is 8.41. The van der Waals surface area contributed by atoms with E-state index in [0.29, 0.717) is 12.2 Å². The second-order valence-corrected chi connectivity index (χ2v) is 5.87. The molecule has 0 fully saturated rings. The van der Waals surface area contributed by atoms with Crippen LogP contribution in [0.25, 0.3) is 5.69 Å². The molecule has 0 aliphatic rings. The van der Waals surface area contributed by atoms with Crippen LogP contribution in [-0.4, -0.2) is 29.5 Å². The molecule has 2 aromatic carbocycles. The van der Waals surface area contributed by atoms with Crippen molar-refractivity contribution in [3.8, 4) is 5.69 Å². The summed E-state index contributed by atoms with van der Waals surface area (Å²) in [5, 5.41) is 10.1. The number of urea groups is 1. The number of benzene rings is 2. The molecule has 1 heterocycles. The molecule has 3 aromatic rings. The van der Waals surface area contributed by atoms with Gasteiger partial charge in [0, 0.05) is 25.5 Å². The molecule has 0 saturated carbocycles. The van der Waals surface area contributed by atoms with Gasteiger partial charge in [0.05, 0.1) is 17.5 Å². The maximum absolute atomic E-state index is 12.4. The van der Waals surface area contributed by atoms with Crippen LogP contribution in [0, 0.1) is 6.92 Å². The van der Waals surface area contributed by atoms with E-state index >= 15 is 0 Å². The highest BCUT2D eigenvalue weighted by Crippen LogP contribution is 2.21. The molecule has 1 aromatic heterocycles. The Labute approximate surface area is 152 Å². The molecular weight excluding hydrogens is 328 g/mol. The number of hydrogen-bond donors (Lipinski definition) is 2. The van der Waals surface area contributed by atoms with Crippen LogP contribution >= 0.6 is 0 Å². The van der Waals surface area contributed by atoms with E-state index in [2.05, 4.69) is 15.7 Å². The summed E-state index contributed by atoms with van der Waals surface area (Å²) in [5.74, 6) is 0. The van der Waals surface area contributed by atoms with Crippen molar-refractivity contribution in [1.82, 2.24) is 15.1 Å². The zero-order valence-corrected chi connectivity index (χ0v) is 14.8. The number of para-hydroxylation sites is 2. The van der Waals surface area contributed by atoms with Crippen LogP contribution < -0.4 is 10.6 Å². The molecule has 6 nitrogen and oxygen atoms in total. The van der Waals surface area contributed by atoms with Gasteiger partial charge in [-0.05, 0) is 30.7 Å². The molecule has 134 valence electrons. The molecule has 0 radical (unpaired) electrons. The lowest BCUT2D eigenvalue weighted by Crippen LogP contribution is -2.33. The largest absolute Gasteiger partial charge is 0.375 e. The van der Waals surface area contributed by atoms with Gasteiger partial charge < -0.3 is 15.4 Å². The van der Waals surface area contributed by atoms with Gasteiger partial charge in [-0.3, -0.25) is 0 Å². The molecule has 0 saturated heterocycles. The SMILES string of the molecule is COC(CNC(=O)Nc1ccccc1-n1nccc1C)c1ccccc1. The highest BCUT2D eigenvalue weighted by atomic mass is 16.5. The number of amides is 2. The van der Waals surface area contributed by atoms with Crippen molar-refractivity contribution in [2.45, 2.75) is 13.0 Å². The lowest BCUT2D eigenvalue weighted by molar-refractivity contribution is 0.104. The first kappa shape index (κ1) is 17.7. The molecule has 1 atom stereocenters. The van der Waals surface area contributed by atoms with Crippen LogP contribution in [-0.2, 0) is 4.74 Å². The predicted octanol–water partition coefficient (Wildman–Crippen LogP) is 3.69. The van der Waals surface area contributed by atoms with Crippen molar-refractivity contribution in [3.05, 3.63) is 78.1 Å². The average molecular weight is 350 g/mol. The number of nitrogens with zero attached hydrogens (tertiary/aromatic N) is 2. The molecule has 3 rings (SSSR count). The fraction of sp³-hybridized carbons (Fsp3) is 0.200. The van der Waals surface area contributed by atoms with Crippen LogP contribution in [0.2, 0.25) is 0 Å². The number of carbonyl (C=O) groups excluding carboxylic acids is 1. The summed E-state index contributed by atoms with van der Waals surface area (Å²) in [6.07, 6.45) is 1.53. The number of ether oxygens (including phenoxy) is 1. The zero-order chi connectivity index (χ0) is 18.4. The summed E-state index contributed by atoms with van der Waals surface area (Å²) in [7, 11) is 1.63. The fourth-order valence-corrected chi connectivity index (χ4v) is 2.74. The predicted molar refractivity (Wildman–Crippen MR) is 102 cm³/mol. The molecule has 0 aliphatic heterocycles. The summed E-state index contributed by atoms with van der Waals surface area (Å²) in [5.41, 5.74) is 3.51. The number of carbonyl (C=O) groups is 1. The summed E-state index contributed by atoms with van der Waals surface area (Å²) in [6, 6.07) is 19.0. The summed E-state index contributed by atoms with van der Waals surface area (Å²) in [6.45, 7) is 2.34. The van der Waals surface area contributed by atoms with Crippen molar-refractivity contribution in [1.29, 1.82) is 0 Å². The topological polar surface area (TPSA) is 68.2 Å². The standard InChI is InChI=1S/C20H22N4O2/c1-15-12-13-22-24(15)18-11-7-6-10-17(18)23-20(25)21-14-19(26-2)16-8-4-3-5-9-16/h3-13,19H,14H2,1-2H3,(H2,21,23,25). The van der Waals surface area contributed by atoms with Crippen LogP contribution in [0.4, 0.5) is 10.5 Å². The Bertz CT molecular complexity index is 861. The van der Waals surface area contributed by atoms with E-state index in [9.17, 15) is 4.79 Å². The number of aryl methyl sites for hydroxylation is 1. The van der Waals surface area contributed by atoms with E-state index in [4.69, 9.17) is 4.74 Å². The Balaban J connectivity index is 1.67. The number of methoxy groups -OCH3 is 1. The van der Waals surface area contributed by atoms with E-state index in [1.807, 2.05) is 67.6 Å². The average Bonchev–Trinajstić information content (AvgIpc) is 3.09. The van der Waals surface area contributed by atoms with Crippen LogP contribution in [0.5, 0.6) is 0 Å². The highest BCUT2D eigenvalue weighted by molar-refractivity contribution is 5.91. The Morgan fingerprint density at radius 3 is 2.54 bits per heavy atom. The van der Waals surface area contributed by atoms with Crippen molar-refractivity contribution in [3.63, 3.8) is 0 Å². The Morgan fingerprint density at radius 1 is 1.12 bits per heavy atom. The van der Waals surface area contributed by atoms with Crippen molar-refractivity contribution >= 4 is 11.7 Å². The van der Waals surface area contributed by atoms with Crippen molar-refractivity contribution < 1.29 is 9.53 Å². The van der Waals surface area contributed by atoms with Crippen LogP contribution in [0.15, 0.2) is 66.9 Å². The normalized spacial score (nSPS) is 11.8. The van der Waals surface area contributed by atoms with Gasteiger partial charge in [-0.25, -0.2) is 9.48 Å². The molecule has 6 heteroatoms. The number of hydrogen-bond acceptors (Lipinski definition) is 3. The first-order chi connectivity index (χ1) is 12.7. The fourth-order valence-electron chi connectivity index (χ4n) is 2.74. The minimum Gasteiger partial charge on any atom is -0.375 e. The summed E-state index contributed by atoms with van der Waals surface area (Å²) in [4.78, 5) is 12.4. The molecular formula is C20H22N4O2. The van der Waals surface area contributed by atoms with Crippen molar-refractivity contribution in [2.24, 2.45) is 0 Å². The van der Waals surface area contributed by atoms with Crippen molar-refractivity contribution in [2.75, 3.05) is 19.0 Å². The Kier molecular flexibility index (Phi) is 5.66. The Hall–Kier alpha value is -3.12. The summed E-state index contributed by atoms with van der Waals surface area (Å²) < 4.78 is 7.27. The third-order valence-electron chi connectivity index (χ3n) is 4.12. The zero-order valence-electron chi connectivity index (χ0n) is 14.8. The smallest absolute Gasteiger partial charge is 0.319 e. The minimum atomic E-state index is -0.291. The van der Waals surface area contributed by atoms with Crippen LogP contribution in [0.3, 0.4) is 0 Å². The quantitative estimate of drug-likeness (QED) is 0.712. The van der Waals surface area contributed by atoms with E-state index in [1.54, 1.807) is 18.0 Å². The van der Waals surface area contributed by atoms with Gasteiger partial charge in [0.15, 0.2) is 0 Å². The molecule has 0 bridgehead atoms. The second kappa shape index (κ2) is 8.31. The third kappa shape index (κ3) is 4.10. The van der Waals surface area contributed by atoms with Gasteiger partial charge in [-0.1, -0.05) is 42.5 Å². The van der Waals surface area contributed by atoms with E-state index in [1.165, 1.54) is 0 Å². The number of nitrogens with one attached hydrogen (secondary N) is 2. The van der Waals surface area contributed by atoms with E-state index < -0.39 is 0 Å². The number of anilines is 1. The van der Waals surface area contributed by atoms with Crippen LogP contribution in [0.1, 0.15) is 17.4 Å². The molecule has 1 unspecified atom stereocenters. The van der Waals surface area contributed by atoms with E-state index in [-0.39, 0.29) is 12.1 Å². The second-order valence-electron chi connectivity index (χ2n) is 5.87. The van der Waals surface area contributed by atoms with Gasteiger partial charge in [0.2, 0.25) is 0 Å². The molecule has 2 amide bonds. The third-order valence-corrected chi connectivity index (χ3v) is 4.12. The minimum absolute atomic E-state index is 0.203. The first-order valence-corrected chi connectivity index (χ1v) is 8.41. The van der Waals surface area contributed by atoms with Gasteiger partial charge in [0.25, 0.3) is 0 Å². The number of aromatic nitrogens is 2. The maximum atomic E-state index is 12.4. The Morgan fingerprint density at radius 2 is 1.85 bits per heavy atom. The maximum Gasteiger partial charge on any atom is 0.319 e. The molecule has 26 heavy (non-hydrogen) atoms.